The van der Waals surface area contributed by atoms with E-state index < -0.39 is 0 Å². The van der Waals surface area contributed by atoms with Gasteiger partial charge >= 0.3 is 0 Å². The first-order valence-corrected chi connectivity index (χ1v) is 6.53. The summed E-state index contributed by atoms with van der Waals surface area (Å²) in [5.74, 6) is 0. The SMILES string of the molecule is CCc1cc(Br)ccc1Nc1ccnc(Cl)c1. The number of halogens is 2. The number of hydrogen-bond acceptors (Lipinski definition) is 2. The summed E-state index contributed by atoms with van der Waals surface area (Å²) in [7, 11) is 0. The maximum Gasteiger partial charge on any atom is 0.131 e. The third-order valence-electron chi connectivity index (χ3n) is 2.45. The van der Waals surface area contributed by atoms with Gasteiger partial charge in [-0.15, -0.1) is 0 Å². The molecule has 1 heterocycles. The quantitative estimate of drug-likeness (QED) is 0.823. The molecule has 1 aromatic heterocycles. The Hall–Kier alpha value is -1.06. The number of nitrogens with one attached hydrogen (secondary N) is 1. The van der Waals surface area contributed by atoms with Crippen molar-refractivity contribution >= 4 is 38.9 Å². The van der Waals surface area contributed by atoms with E-state index in [1.54, 1.807) is 6.20 Å². The molecule has 1 aromatic carbocycles. The molecule has 0 bridgehead atoms. The Morgan fingerprint density at radius 3 is 2.82 bits per heavy atom. The number of hydrogen-bond donors (Lipinski definition) is 1. The van der Waals surface area contributed by atoms with E-state index in [-0.39, 0.29) is 0 Å². The van der Waals surface area contributed by atoms with Crippen LogP contribution in [0.1, 0.15) is 12.5 Å². The Kier molecular flexibility index (Phi) is 4.02. The van der Waals surface area contributed by atoms with Crippen molar-refractivity contribution in [1.82, 2.24) is 4.98 Å². The highest BCUT2D eigenvalue weighted by Crippen LogP contribution is 2.25. The van der Waals surface area contributed by atoms with E-state index in [1.807, 2.05) is 18.2 Å². The van der Waals surface area contributed by atoms with Crippen LogP contribution in [0.5, 0.6) is 0 Å². The zero-order chi connectivity index (χ0) is 12.3. The molecule has 0 atom stereocenters. The van der Waals surface area contributed by atoms with Gasteiger partial charge in [-0.05, 0) is 42.3 Å². The molecule has 0 spiro atoms. The van der Waals surface area contributed by atoms with Crippen LogP contribution in [0.2, 0.25) is 5.15 Å². The van der Waals surface area contributed by atoms with Gasteiger partial charge in [-0.2, -0.15) is 0 Å². The number of nitrogens with zero attached hydrogens (tertiary/aromatic N) is 1. The third kappa shape index (κ3) is 3.20. The van der Waals surface area contributed by atoms with Crippen LogP contribution in [-0.4, -0.2) is 4.98 Å². The molecule has 0 aliphatic carbocycles. The van der Waals surface area contributed by atoms with Gasteiger partial charge in [0, 0.05) is 22.0 Å². The number of anilines is 2. The van der Waals surface area contributed by atoms with Crippen LogP contribution in [0.25, 0.3) is 0 Å². The maximum atomic E-state index is 5.85. The summed E-state index contributed by atoms with van der Waals surface area (Å²) < 4.78 is 1.09. The van der Waals surface area contributed by atoms with Crippen molar-refractivity contribution in [3.63, 3.8) is 0 Å². The zero-order valence-electron chi connectivity index (χ0n) is 9.37. The third-order valence-corrected chi connectivity index (χ3v) is 3.15. The largest absolute Gasteiger partial charge is 0.355 e. The van der Waals surface area contributed by atoms with Gasteiger partial charge < -0.3 is 5.32 Å². The van der Waals surface area contributed by atoms with Crippen LogP contribution in [0, 0.1) is 0 Å². The first kappa shape index (κ1) is 12.4. The molecule has 2 rings (SSSR count). The molecular formula is C13H12BrClN2. The van der Waals surface area contributed by atoms with Gasteiger partial charge in [-0.1, -0.05) is 34.5 Å². The number of aromatic nitrogens is 1. The van der Waals surface area contributed by atoms with Gasteiger partial charge in [0.15, 0.2) is 0 Å². The molecule has 0 saturated carbocycles. The predicted molar refractivity (Wildman–Crippen MR) is 76.0 cm³/mol. The summed E-state index contributed by atoms with van der Waals surface area (Å²) in [6.45, 7) is 2.13. The molecule has 0 aliphatic rings. The van der Waals surface area contributed by atoms with E-state index in [0.29, 0.717) is 5.15 Å². The van der Waals surface area contributed by atoms with E-state index in [9.17, 15) is 0 Å². The molecule has 1 N–H and O–H groups in total. The van der Waals surface area contributed by atoms with Crippen molar-refractivity contribution in [3.05, 3.63) is 51.7 Å². The minimum Gasteiger partial charge on any atom is -0.355 e. The first-order chi connectivity index (χ1) is 8.19. The van der Waals surface area contributed by atoms with E-state index >= 15 is 0 Å². The smallest absolute Gasteiger partial charge is 0.131 e. The van der Waals surface area contributed by atoms with E-state index in [4.69, 9.17) is 11.6 Å². The average Bonchev–Trinajstić information content (AvgIpc) is 2.31. The van der Waals surface area contributed by atoms with Crippen LogP contribution in [-0.2, 0) is 6.42 Å². The van der Waals surface area contributed by atoms with Crippen molar-refractivity contribution in [2.24, 2.45) is 0 Å². The molecule has 2 aromatic rings. The topological polar surface area (TPSA) is 24.9 Å². The van der Waals surface area contributed by atoms with Crippen molar-refractivity contribution in [3.8, 4) is 0 Å². The number of benzene rings is 1. The molecule has 4 heteroatoms. The minimum atomic E-state index is 0.491. The predicted octanol–water partition coefficient (Wildman–Crippen LogP) is 4.80. The Morgan fingerprint density at radius 1 is 1.29 bits per heavy atom. The lowest BCUT2D eigenvalue weighted by molar-refractivity contribution is 1.14. The Morgan fingerprint density at radius 2 is 2.12 bits per heavy atom. The highest BCUT2D eigenvalue weighted by molar-refractivity contribution is 9.10. The van der Waals surface area contributed by atoms with Crippen LogP contribution < -0.4 is 5.32 Å². The molecule has 88 valence electrons. The van der Waals surface area contributed by atoms with Crippen LogP contribution in [0.15, 0.2) is 41.0 Å². The van der Waals surface area contributed by atoms with E-state index in [1.165, 1.54) is 5.56 Å². The molecule has 0 fully saturated rings. The van der Waals surface area contributed by atoms with Crippen LogP contribution >= 0.6 is 27.5 Å². The molecular weight excluding hydrogens is 300 g/mol. The van der Waals surface area contributed by atoms with Gasteiger partial charge in [-0.3, -0.25) is 0 Å². The number of aryl methyl sites for hydroxylation is 1. The molecule has 0 amide bonds. The molecule has 0 radical (unpaired) electrons. The van der Waals surface area contributed by atoms with Crippen molar-refractivity contribution in [2.45, 2.75) is 13.3 Å². The fourth-order valence-corrected chi connectivity index (χ4v) is 2.19. The van der Waals surface area contributed by atoms with Crippen molar-refractivity contribution in [2.75, 3.05) is 5.32 Å². The van der Waals surface area contributed by atoms with Gasteiger partial charge in [0.2, 0.25) is 0 Å². The highest BCUT2D eigenvalue weighted by atomic mass is 79.9. The van der Waals surface area contributed by atoms with Gasteiger partial charge in [0.25, 0.3) is 0 Å². The second kappa shape index (κ2) is 5.52. The molecule has 0 aliphatic heterocycles. The average molecular weight is 312 g/mol. The monoisotopic (exact) mass is 310 g/mol. The Balaban J connectivity index is 2.29. The summed E-state index contributed by atoms with van der Waals surface area (Å²) in [5.41, 5.74) is 3.30. The van der Waals surface area contributed by atoms with Crippen molar-refractivity contribution < 1.29 is 0 Å². The standard InChI is InChI=1S/C13H12BrClN2/c1-2-9-7-10(14)3-4-12(9)17-11-5-6-16-13(15)8-11/h3-8H,2H2,1H3,(H,16,17). The first-order valence-electron chi connectivity index (χ1n) is 5.36. The van der Waals surface area contributed by atoms with Gasteiger partial charge in [0.05, 0.1) is 0 Å². The lowest BCUT2D eigenvalue weighted by Crippen LogP contribution is -1.95. The van der Waals surface area contributed by atoms with E-state index in [0.717, 1.165) is 22.3 Å². The fraction of sp³-hybridized carbons (Fsp3) is 0.154. The summed E-state index contributed by atoms with van der Waals surface area (Å²) in [5, 5.41) is 3.84. The summed E-state index contributed by atoms with van der Waals surface area (Å²) in [4.78, 5) is 3.96. The van der Waals surface area contributed by atoms with E-state index in [2.05, 4.69) is 45.3 Å². The Bertz CT molecular complexity index is 529. The minimum absolute atomic E-state index is 0.491. The molecule has 0 unspecified atom stereocenters. The number of rotatable bonds is 3. The normalized spacial score (nSPS) is 10.3. The fourth-order valence-electron chi connectivity index (χ4n) is 1.61. The second-order valence-corrected chi connectivity index (χ2v) is 4.95. The Labute approximate surface area is 114 Å². The molecule has 17 heavy (non-hydrogen) atoms. The highest BCUT2D eigenvalue weighted by Gasteiger charge is 2.02. The van der Waals surface area contributed by atoms with Gasteiger partial charge in [0.1, 0.15) is 5.15 Å². The second-order valence-electron chi connectivity index (χ2n) is 3.65. The zero-order valence-corrected chi connectivity index (χ0v) is 11.7. The molecule has 0 saturated heterocycles. The summed E-state index contributed by atoms with van der Waals surface area (Å²) in [6.07, 6.45) is 2.66. The van der Waals surface area contributed by atoms with Crippen LogP contribution in [0.4, 0.5) is 11.4 Å². The lowest BCUT2D eigenvalue weighted by Gasteiger charge is -2.11. The molecule has 2 nitrogen and oxygen atoms in total. The van der Waals surface area contributed by atoms with Crippen LogP contribution in [0.3, 0.4) is 0 Å². The van der Waals surface area contributed by atoms with Gasteiger partial charge in [-0.25, -0.2) is 4.98 Å². The summed E-state index contributed by atoms with van der Waals surface area (Å²) >= 11 is 9.33. The van der Waals surface area contributed by atoms with Crippen molar-refractivity contribution in [1.29, 1.82) is 0 Å². The maximum absolute atomic E-state index is 5.85. The number of pyridine rings is 1. The lowest BCUT2D eigenvalue weighted by atomic mass is 10.1. The summed E-state index contributed by atoms with van der Waals surface area (Å²) in [6, 6.07) is 9.89.